The molecule has 6 nitrogen and oxygen atoms in total. The van der Waals surface area contributed by atoms with Crippen molar-refractivity contribution in [1.29, 1.82) is 5.41 Å². The Bertz CT molecular complexity index is 1650. The van der Waals surface area contributed by atoms with Crippen molar-refractivity contribution in [3.8, 4) is 11.3 Å². The van der Waals surface area contributed by atoms with Crippen LogP contribution >= 0.6 is 0 Å². The van der Waals surface area contributed by atoms with Gasteiger partial charge in [-0.25, -0.2) is 8.78 Å². The van der Waals surface area contributed by atoms with Gasteiger partial charge in [0.05, 0.1) is 30.0 Å². The molecule has 5 rings (SSSR count). The second kappa shape index (κ2) is 10.4. The van der Waals surface area contributed by atoms with E-state index in [9.17, 15) is 26.7 Å². The van der Waals surface area contributed by atoms with Crippen LogP contribution in [-0.4, -0.2) is 20.0 Å². The maximum absolute atomic E-state index is 13.9. The summed E-state index contributed by atoms with van der Waals surface area (Å²) in [6.07, 6.45) is 0.865. The Hall–Kier alpha value is -4.28. The predicted octanol–water partition coefficient (Wildman–Crippen LogP) is 5.90. The fourth-order valence-corrected chi connectivity index (χ4v) is 4.77. The third-order valence-electron chi connectivity index (χ3n) is 7.04. The quantitative estimate of drug-likeness (QED) is 0.279. The summed E-state index contributed by atoms with van der Waals surface area (Å²) in [5.41, 5.74) is 0.0705. The summed E-state index contributed by atoms with van der Waals surface area (Å²) in [5.74, 6) is -1.87. The molecule has 1 aliphatic carbocycles. The second-order valence-electron chi connectivity index (χ2n) is 10.1. The number of aryl methyl sites for hydroxylation is 2. The highest BCUT2D eigenvalue weighted by Gasteiger charge is 2.36. The average Bonchev–Trinajstić information content (AvgIpc) is 3.70. The van der Waals surface area contributed by atoms with Crippen molar-refractivity contribution < 1.29 is 26.7 Å². The number of carbonyl (C=O) groups excluding carboxylic acids is 1. The number of nitrogens with zero attached hydrogens (tertiary/aromatic N) is 3. The van der Waals surface area contributed by atoms with Crippen LogP contribution < -0.4 is 10.9 Å². The molecule has 2 N–H and O–H groups in total. The lowest BCUT2D eigenvalue weighted by molar-refractivity contribution is -0.137. The molecular weight excluding hydrogens is 529 g/mol. The molecule has 2 aromatic carbocycles. The van der Waals surface area contributed by atoms with Crippen molar-refractivity contribution in [2.24, 2.45) is 13.0 Å². The summed E-state index contributed by atoms with van der Waals surface area (Å²) in [6.45, 7) is 1.73. The van der Waals surface area contributed by atoms with E-state index in [4.69, 9.17) is 5.41 Å². The van der Waals surface area contributed by atoms with Gasteiger partial charge in [0.25, 0.3) is 5.91 Å². The molecule has 2 heterocycles. The van der Waals surface area contributed by atoms with Crippen LogP contribution in [0.3, 0.4) is 0 Å². The number of hydrogen-bond donors (Lipinski definition) is 2. The van der Waals surface area contributed by atoms with Crippen LogP contribution in [0.1, 0.15) is 51.5 Å². The van der Waals surface area contributed by atoms with Crippen molar-refractivity contribution in [2.75, 3.05) is 0 Å². The van der Waals surface area contributed by atoms with E-state index in [1.54, 1.807) is 53.7 Å². The summed E-state index contributed by atoms with van der Waals surface area (Å²) < 4.78 is 72.3. The number of alkyl halides is 3. The van der Waals surface area contributed by atoms with E-state index in [1.807, 2.05) is 0 Å². The maximum Gasteiger partial charge on any atom is 0.418 e. The van der Waals surface area contributed by atoms with Gasteiger partial charge in [0, 0.05) is 30.6 Å². The minimum Gasteiger partial charge on any atom is -0.345 e. The van der Waals surface area contributed by atoms with Crippen LogP contribution in [0.5, 0.6) is 0 Å². The van der Waals surface area contributed by atoms with Gasteiger partial charge in [0.2, 0.25) is 5.62 Å². The van der Waals surface area contributed by atoms with Crippen molar-refractivity contribution in [1.82, 2.24) is 19.4 Å². The Morgan fingerprint density at radius 2 is 1.88 bits per heavy atom. The van der Waals surface area contributed by atoms with E-state index in [0.29, 0.717) is 23.4 Å². The van der Waals surface area contributed by atoms with Crippen LogP contribution in [0.4, 0.5) is 22.0 Å². The first-order valence-corrected chi connectivity index (χ1v) is 12.6. The number of amides is 1. The Kier molecular flexibility index (Phi) is 7.07. The van der Waals surface area contributed by atoms with Crippen LogP contribution in [0.2, 0.25) is 0 Å². The van der Waals surface area contributed by atoms with Crippen molar-refractivity contribution >= 4 is 5.91 Å². The lowest BCUT2D eigenvalue weighted by Crippen LogP contribution is -2.30. The van der Waals surface area contributed by atoms with Gasteiger partial charge in [-0.05, 0) is 72.7 Å². The largest absolute Gasteiger partial charge is 0.418 e. The van der Waals surface area contributed by atoms with Crippen LogP contribution in [0.15, 0.2) is 61.1 Å². The number of aromatic nitrogens is 3. The highest BCUT2D eigenvalue weighted by molar-refractivity contribution is 5.96. The number of hydrogen-bond acceptors (Lipinski definition) is 3. The highest BCUT2D eigenvalue weighted by atomic mass is 19.4. The molecule has 4 aromatic rings. The highest BCUT2D eigenvalue weighted by Crippen LogP contribution is 2.42. The third kappa shape index (κ3) is 5.68. The number of nitrogens with one attached hydrogen (secondary N) is 2. The molecule has 0 spiro atoms. The summed E-state index contributed by atoms with van der Waals surface area (Å²) >= 11 is 0. The summed E-state index contributed by atoms with van der Waals surface area (Å²) in [4.78, 5) is 17.3. The Morgan fingerprint density at radius 1 is 1.12 bits per heavy atom. The SMILES string of the molecule is Cc1cc([C@@H](NC(=O)c2cc(Cn3ccn(C)c3=N)cc(-c3ncc(F)cc3C(F)(F)F)c2)C2CC2)ccc1F. The topological polar surface area (TPSA) is 75.7 Å². The molecule has 2 aromatic heterocycles. The van der Waals surface area contributed by atoms with Crippen LogP contribution in [-0.2, 0) is 19.8 Å². The Morgan fingerprint density at radius 3 is 2.50 bits per heavy atom. The first-order chi connectivity index (χ1) is 18.9. The number of imidazole rings is 1. The number of rotatable bonds is 7. The second-order valence-corrected chi connectivity index (χ2v) is 10.1. The Labute approximate surface area is 226 Å². The van der Waals surface area contributed by atoms with Gasteiger partial charge < -0.3 is 14.5 Å². The fourth-order valence-electron chi connectivity index (χ4n) is 4.77. The molecule has 0 saturated heterocycles. The van der Waals surface area contributed by atoms with Crippen molar-refractivity contribution in [3.05, 3.63) is 106 Å². The molecule has 1 amide bonds. The van der Waals surface area contributed by atoms with Gasteiger partial charge in [-0.15, -0.1) is 0 Å². The molecule has 0 aliphatic heterocycles. The molecular formula is C29H26F5N5O. The first-order valence-electron chi connectivity index (χ1n) is 12.6. The van der Waals surface area contributed by atoms with Gasteiger partial charge in [0.1, 0.15) is 11.6 Å². The van der Waals surface area contributed by atoms with Crippen LogP contribution in [0, 0.1) is 29.9 Å². The van der Waals surface area contributed by atoms with E-state index >= 15 is 0 Å². The number of pyridine rings is 1. The summed E-state index contributed by atoms with van der Waals surface area (Å²) in [7, 11) is 1.68. The minimum absolute atomic E-state index is 0.0152. The van der Waals surface area contributed by atoms with Gasteiger partial charge in [-0.1, -0.05) is 12.1 Å². The fraction of sp³-hybridized carbons (Fsp3) is 0.276. The zero-order valence-electron chi connectivity index (χ0n) is 21.7. The average molecular weight is 556 g/mol. The van der Waals surface area contributed by atoms with E-state index in [2.05, 4.69) is 10.3 Å². The number of benzene rings is 2. The zero-order chi connectivity index (χ0) is 28.8. The normalized spacial score (nSPS) is 14.3. The Balaban J connectivity index is 1.57. The molecule has 11 heteroatoms. The molecule has 1 saturated carbocycles. The molecule has 40 heavy (non-hydrogen) atoms. The predicted molar refractivity (Wildman–Crippen MR) is 137 cm³/mol. The van der Waals surface area contributed by atoms with Gasteiger partial charge in [0.15, 0.2) is 0 Å². The molecule has 208 valence electrons. The van der Waals surface area contributed by atoms with E-state index in [1.165, 1.54) is 18.2 Å². The molecule has 0 unspecified atom stereocenters. The standard InChI is InChI=1S/C29H26F5N5O/c1-16-9-19(5-6-24(16)31)25(18-3-4-18)37-27(40)21-11-17(15-39-8-7-38(2)28(39)35)10-20(12-21)26-23(29(32,33)34)13-22(30)14-36-26/h5-14,18,25,35H,3-4,15H2,1-2H3,(H,37,40)/t25-/m0/s1. The lowest BCUT2D eigenvalue weighted by atomic mass is 9.97. The minimum atomic E-state index is -4.89. The zero-order valence-corrected chi connectivity index (χ0v) is 21.7. The molecule has 1 aliphatic rings. The van der Waals surface area contributed by atoms with Gasteiger partial charge in [-0.2, -0.15) is 13.2 Å². The van der Waals surface area contributed by atoms with E-state index in [0.717, 1.165) is 18.4 Å². The van der Waals surface area contributed by atoms with Gasteiger partial charge >= 0.3 is 6.18 Å². The smallest absolute Gasteiger partial charge is 0.345 e. The van der Waals surface area contributed by atoms with E-state index in [-0.39, 0.29) is 35.0 Å². The van der Waals surface area contributed by atoms with Crippen LogP contribution in [0.25, 0.3) is 11.3 Å². The summed E-state index contributed by atoms with van der Waals surface area (Å²) in [6, 6.07) is 8.92. The van der Waals surface area contributed by atoms with Crippen molar-refractivity contribution in [2.45, 2.75) is 38.5 Å². The lowest BCUT2D eigenvalue weighted by Gasteiger charge is -2.20. The molecule has 0 bridgehead atoms. The molecule has 1 fully saturated rings. The maximum atomic E-state index is 13.9. The third-order valence-corrected chi connectivity index (χ3v) is 7.04. The summed E-state index contributed by atoms with van der Waals surface area (Å²) in [5, 5.41) is 11.2. The van der Waals surface area contributed by atoms with E-state index < -0.39 is 35.2 Å². The van der Waals surface area contributed by atoms with Gasteiger partial charge in [-0.3, -0.25) is 15.2 Å². The first kappa shape index (κ1) is 27.3. The molecule has 1 atom stereocenters. The molecule has 0 radical (unpaired) electrons. The van der Waals surface area contributed by atoms with Crippen molar-refractivity contribution in [3.63, 3.8) is 0 Å². The monoisotopic (exact) mass is 555 g/mol. The number of carbonyl (C=O) groups is 1. The number of halogens is 5.